The van der Waals surface area contributed by atoms with Gasteiger partial charge in [-0.1, -0.05) is 49.1 Å². The lowest BCUT2D eigenvalue weighted by Gasteiger charge is -2.18. The van der Waals surface area contributed by atoms with Crippen molar-refractivity contribution in [3.8, 4) is 11.3 Å². The molecule has 4 aromatic rings. The van der Waals surface area contributed by atoms with Gasteiger partial charge in [0.25, 0.3) is 0 Å². The van der Waals surface area contributed by atoms with Crippen molar-refractivity contribution in [2.24, 2.45) is 0 Å². The van der Waals surface area contributed by atoms with Crippen molar-refractivity contribution in [3.05, 3.63) is 91.6 Å². The van der Waals surface area contributed by atoms with Crippen molar-refractivity contribution in [1.29, 1.82) is 0 Å². The van der Waals surface area contributed by atoms with Crippen LogP contribution in [-0.2, 0) is 14.6 Å². The molecule has 2 heterocycles. The minimum absolute atomic E-state index is 0.0884. The van der Waals surface area contributed by atoms with Crippen molar-refractivity contribution in [2.75, 3.05) is 10.6 Å². The van der Waals surface area contributed by atoms with Crippen LogP contribution in [0.5, 0.6) is 0 Å². The number of nitrogens with zero attached hydrogens (tertiary/aromatic N) is 2. The summed E-state index contributed by atoms with van der Waals surface area (Å²) in [5.74, 6) is 0.107. The number of amides is 1. The zero-order valence-electron chi connectivity index (χ0n) is 17.9. The highest BCUT2D eigenvalue weighted by Crippen LogP contribution is 2.28. The average molecular weight is 459 g/mol. The minimum Gasteiger partial charge on any atom is -0.348 e. The van der Waals surface area contributed by atoms with Crippen LogP contribution < -0.4 is 10.6 Å². The molecule has 0 aliphatic carbocycles. The summed E-state index contributed by atoms with van der Waals surface area (Å²) in [6, 6.07) is 21.2. The molecule has 8 heteroatoms. The normalized spacial score (nSPS) is 12.2. The Bertz CT molecular complexity index is 1420. The molecule has 0 bridgehead atoms. The van der Waals surface area contributed by atoms with E-state index in [1.165, 1.54) is 25.1 Å². The number of carbonyl (C=O) groups is 1. The van der Waals surface area contributed by atoms with Gasteiger partial charge in [0.2, 0.25) is 15.7 Å². The highest BCUT2D eigenvalue weighted by Gasteiger charge is 2.26. The Morgan fingerprint density at radius 1 is 1.03 bits per heavy atom. The Kier molecular flexibility index (Phi) is 6.19. The fourth-order valence-corrected chi connectivity index (χ4v) is 4.75. The van der Waals surface area contributed by atoms with Gasteiger partial charge in [-0.3, -0.25) is 9.78 Å². The van der Waals surface area contributed by atoms with Crippen molar-refractivity contribution >= 4 is 38.2 Å². The lowest BCUT2D eigenvalue weighted by Crippen LogP contribution is -2.28. The van der Waals surface area contributed by atoms with Crippen LogP contribution >= 0.6 is 0 Å². The van der Waals surface area contributed by atoms with Gasteiger partial charge >= 0.3 is 0 Å². The van der Waals surface area contributed by atoms with Gasteiger partial charge in [0, 0.05) is 29.8 Å². The van der Waals surface area contributed by atoms with Crippen LogP contribution in [0.3, 0.4) is 0 Å². The third-order valence-corrected chi connectivity index (χ3v) is 6.90. The molecule has 0 saturated carbocycles. The molecule has 0 radical (unpaired) electrons. The predicted octanol–water partition coefficient (Wildman–Crippen LogP) is 4.65. The van der Waals surface area contributed by atoms with Crippen LogP contribution in [0.2, 0.25) is 0 Å². The molecule has 7 nitrogen and oxygen atoms in total. The van der Waals surface area contributed by atoms with Crippen LogP contribution in [0, 0.1) is 0 Å². The number of anilines is 2. The highest BCUT2D eigenvalue weighted by atomic mass is 32.2. The van der Waals surface area contributed by atoms with Crippen molar-refractivity contribution in [2.45, 2.75) is 17.2 Å². The average Bonchev–Trinajstić information content (AvgIpc) is 2.82. The molecule has 1 unspecified atom stereocenters. The first-order valence-corrected chi connectivity index (χ1v) is 11.7. The Labute approximate surface area is 192 Å². The molecule has 1 atom stereocenters. The quantitative estimate of drug-likeness (QED) is 0.391. The lowest BCUT2D eigenvalue weighted by molar-refractivity contribution is -0.114. The number of pyridine rings is 2. The zero-order valence-corrected chi connectivity index (χ0v) is 18.7. The second-order valence-electron chi connectivity index (χ2n) is 7.35. The van der Waals surface area contributed by atoms with Gasteiger partial charge in [0.15, 0.2) is 11.2 Å². The number of aromatic nitrogens is 2. The van der Waals surface area contributed by atoms with Crippen LogP contribution in [0.25, 0.3) is 22.2 Å². The minimum atomic E-state index is -3.85. The molecule has 4 rings (SSSR count). The van der Waals surface area contributed by atoms with Crippen LogP contribution in [0.4, 0.5) is 11.5 Å². The summed E-state index contributed by atoms with van der Waals surface area (Å²) < 4.78 is 26.6. The first-order chi connectivity index (χ1) is 15.9. The maximum absolute atomic E-state index is 13.3. The Morgan fingerprint density at radius 3 is 2.42 bits per heavy atom. The van der Waals surface area contributed by atoms with Gasteiger partial charge in [-0.15, -0.1) is 0 Å². The summed E-state index contributed by atoms with van der Waals surface area (Å²) in [6.07, 6.45) is 2.96. The number of fused-ring (bicyclic) bond motifs is 1. The maximum atomic E-state index is 13.3. The van der Waals surface area contributed by atoms with E-state index in [9.17, 15) is 13.2 Å². The molecule has 2 N–H and O–H groups in total. The van der Waals surface area contributed by atoms with Gasteiger partial charge in [0.1, 0.15) is 5.52 Å². The molecule has 0 spiro atoms. The standard InChI is InChI=1S/C25H22N4O3S/c1-3-23(33(31,32)21-13-11-20(12-14-21)27-17(2)30)29-25-24-19(10-7-15-26-24)16-22(28-25)18-8-5-4-6-9-18/h3-16,23H,1H2,2H3,(H,27,30)(H,28,29). The number of sulfone groups is 1. The SMILES string of the molecule is C=CC(Nc1nc(-c2ccccc2)cc2cccnc12)S(=O)(=O)c1ccc(NC(C)=O)cc1. The highest BCUT2D eigenvalue weighted by molar-refractivity contribution is 7.92. The molecule has 1 amide bonds. The molecule has 166 valence electrons. The van der Waals surface area contributed by atoms with E-state index in [0.717, 1.165) is 10.9 Å². The fourth-order valence-electron chi connectivity index (χ4n) is 3.42. The van der Waals surface area contributed by atoms with Crippen LogP contribution in [0.15, 0.2) is 96.5 Å². The van der Waals surface area contributed by atoms with E-state index in [-0.39, 0.29) is 10.8 Å². The zero-order chi connectivity index (χ0) is 23.4. The van der Waals surface area contributed by atoms with E-state index in [1.54, 1.807) is 18.3 Å². The number of benzene rings is 2. The Hall–Kier alpha value is -4.04. The smallest absolute Gasteiger partial charge is 0.221 e. The van der Waals surface area contributed by atoms with E-state index in [4.69, 9.17) is 0 Å². The van der Waals surface area contributed by atoms with Crippen LogP contribution in [0.1, 0.15) is 6.92 Å². The molecule has 0 fully saturated rings. The first-order valence-electron chi connectivity index (χ1n) is 10.2. The van der Waals surface area contributed by atoms with Gasteiger partial charge in [-0.05, 0) is 36.4 Å². The summed E-state index contributed by atoms with van der Waals surface area (Å²) in [6.45, 7) is 5.11. The molecule has 0 aliphatic rings. The molecule has 0 aliphatic heterocycles. The van der Waals surface area contributed by atoms with Crippen molar-refractivity contribution in [3.63, 3.8) is 0 Å². The summed E-state index contributed by atoms with van der Waals surface area (Å²) in [7, 11) is -3.85. The summed E-state index contributed by atoms with van der Waals surface area (Å²) in [5.41, 5.74) is 2.66. The van der Waals surface area contributed by atoms with E-state index < -0.39 is 15.2 Å². The molecular weight excluding hydrogens is 436 g/mol. The number of carbonyl (C=O) groups excluding carboxylic acids is 1. The van der Waals surface area contributed by atoms with Gasteiger partial charge in [-0.2, -0.15) is 0 Å². The number of hydrogen-bond acceptors (Lipinski definition) is 6. The third-order valence-electron chi connectivity index (χ3n) is 4.99. The summed E-state index contributed by atoms with van der Waals surface area (Å²) in [5, 5.41) is 5.32. The number of hydrogen-bond donors (Lipinski definition) is 2. The first kappa shape index (κ1) is 22.2. The number of nitrogens with one attached hydrogen (secondary N) is 2. The topological polar surface area (TPSA) is 101 Å². The van der Waals surface area contributed by atoms with E-state index in [0.29, 0.717) is 22.7 Å². The monoisotopic (exact) mass is 458 g/mol. The number of rotatable bonds is 7. The van der Waals surface area contributed by atoms with Gasteiger partial charge < -0.3 is 10.6 Å². The summed E-state index contributed by atoms with van der Waals surface area (Å²) in [4.78, 5) is 20.4. The van der Waals surface area contributed by atoms with E-state index >= 15 is 0 Å². The molecular formula is C25H22N4O3S. The lowest BCUT2D eigenvalue weighted by atomic mass is 10.1. The molecule has 33 heavy (non-hydrogen) atoms. The van der Waals surface area contributed by atoms with E-state index in [2.05, 4.69) is 27.2 Å². The largest absolute Gasteiger partial charge is 0.348 e. The van der Waals surface area contributed by atoms with Crippen LogP contribution in [-0.4, -0.2) is 29.7 Å². The predicted molar refractivity (Wildman–Crippen MR) is 131 cm³/mol. The van der Waals surface area contributed by atoms with Crippen molar-refractivity contribution in [1.82, 2.24) is 9.97 Å². The van der Waals surface area contributed by atoms with Crippen molar-refractivity contribution < 1.29 is 13.2 Å². The fraction of sp³-hybridized carbons (Fsp3) is 0.0800. The van der Waals surface area contributed by atoms with Gasteiger partial charge in [-0.25, -0.2) is 13.4 Å². The molecule has 0 saturated heterocycles. The second kappa shape index (κ2) is 9.22. The van der Waals surface area contributed by atoms with Gasteiger partial charge in [0.05, 0.1) is 10.6 Å². The molecule has 2 aromatic carbocycles. The second-order valence-corrected chi connectivity index (χ2v) is 9.42. The maximum Gasteiger partial charge on any atom is 0.221 e. The third kappa shape index (κ3) is 4.75. The Morgan fingerprint density at radius 2 is 1.76 bits per heavy atom. The molecule has 2 aromatic heterocycles. The summed E-state index contributed by atoms with van der Waals surface area (Å²) >= 11 is 0. The Balaban J connectivity index is 1.72. The van der Waals surface area contributed by atoms with E-state index in [1.807, 2.05) is 48.5 Å².